The van der Waals surface area contributed by atoms with Gasteiger partial charge in [-0.3, -0.25) is 9.59 Å². The van der Waals surface area contributed by atoms with Crippen molar-refractivity contribution in [2.45, 2.75) is 6.92 Å². The largest absolute Gasteiger partial charge is 0.484 e. The van der Waals surface area contributed by atoms with Gasteiger partial charge >= 0.3 is 0 Å². The van der Waals surface area contributed by atoms with Gasteiger partial charge in [-0.05, 0) is 48.9 Å². The van der Waals surface area contributed by atoms with Gasteiger partial charge in [-0.1, -0.05) is 12.1 Å². The van der Waals surface area contributed by atoms with Crippen molar-refractivity contribution in [2.24, 2.45) is 10.8 Å². The van der Waals surface area contributed by atoms with Crippen LogP contribution in [0.15, 0.2) is 58.4 Å². The number of aromatic nitrogens is 2. The van der Waals surface area contributed by atoms with Gasteiger partial charge in [0.15, 0.2) is 6.61 Å². The highest BCUT2D eigenvalue weighted by Crippen LogP contribution is 2.11. The molecular formula is C18H16N4O3. The lowest BCUT2D eigenvalue weighted by Crippen LogP contribution is -2.20. The number of nitrogens with zero attached hydrogens (tertiary/aromatic N) is 3. The molecule has 0 saturated heterocycles. The van der Waals surface area contributed by atoms with Crippen LogP contribution in [0.1, 0.15) is 11.4 Å². The first kappa shape index (κ1) is 16.4. The minimum atomic E-state index is -0.538. The maximum absolute atomic E-state index is 12.5. The predicted octanol–water partition coefficient (Wildman–Crippen LogP) is 1.45. The molecular weight excluding hydrogens is 320 g/mol. The van der Waals surface area contributed by atoms with Crippen molar-refractivity contribution < 1.29 is 9.53 Å². The summed E-state index contributed by atoms with van der Waals surface area (Å²) in [6, 6.07) is 14.0. The molecule has 126 valence electrons. The Labute approximate surface area is 143 Å². The lowest BCUT2D eigenvalue weighted by Gasteiger charge is -2.05. The maximum atomic E-state index is 12.5. The summed E-state index contributed by atoms with van der Waals surface area (Å²) in [5.74, 6) is 0.488. The first-order valence-electron chi connectivity index (χ1n) is 7.58. The number of benzene rings is 2. The van der Waals surface area contributed by atoms with Crippen LogP contribution in [0.5, 0.6) is 5.75 Å². The highest BCUT2D eigenvalue weighted by atomic mass is 16.5. The second kappa shape index (κ2) is 6.96. The molecule has 25 heavy (non-hydrogen) atoms. The van der Waals surface area contributed by atoms with Crippen LogP contribution in [0.25, 0.3) is 10.9 Å². The Kier molecular flexibility index (Phi) is 4.56. The van der Waals surface area contributed by atoms with Crippen LogP contribution in [0.3, 0.4) is 0 Å². The first-order chi connectivity index (χ1) is 12.0. The normalized spacial score (nSPS) is 11.1. The van der Waals surface area contributed by atoms with Gasteiger partial charge in [-0.15, -0.1) is 0 Å². The molecule has 1 aromatic heterocycles. The topological polar surface area (TPSA) is 99.6 Å². The molecule has 0 unspecified atom stereocenters. The van der Waals surface area contributed by atoms with Gasteiger partial charge in [0.25, 0.3) is 11.5 Å². The molecule has 0 aliphatic heterocycles. The predicted molar refractivity (Wildman–Crippen MR) is 94.9 cm³/mol. The maximum Gasteiger partial charge on any atom is 0.282 e. The van der Waals surface area contributed by atoms with Crippen LogP contribution in [-0.2, 0) is 4.79 Å². The van der Waals surface area contributed by atoms with Crippen LogP contribution >= 0.6 is 0 Å². The molecule has 3 rings (SSSR count). The molecule has 0 radical (unpaired) electrons. The summed E-state index contributed by atoms with van der Waals surface area (Å²) in [6.07, 6.45) is 1.56. The number of hydrogen-bond acceptors (Lipinski definition) is 5. The van der Waals surface area contributed by atoms with E-state index in [-0.39, 0.29) is 12.2 Å². The number of rotatable bonds is 5. The van der Waals surface area contributed by atoms with Gasteiger partial charge in [0.05, 0.1) is 17.1 Å². The minimum Gasteiger partial charge on any atom is -0.484 e. The molecule has 7 heteroatoms. The van der Waals surface area contributed by atoms with Crippen molar-refractivity contribution >= 4 is 23.0 Å². The van der Waals surface area contributed by atoms with E-state index in [2.05, 4.69) is 10.1 Å². The highest BCUT2D eigenvalue weighted by molar-refractivity contribution is 5.80. The van der Waals surface area contributed by atoms with Gasteiger partial charge in [0.2, 0.25) is 0 Å². The minimum absolute atomic E-state index is 0.176. The molecule has 1 heterocycles. The van der Waals surface area contributed by atoms with Crippen LogP contribution in [0.2, 0.25) is 0 Å². The Hall–Kier alpha value is -3.48. The summed E-state index contributed by atoms with van der Waals surface area (Å²) in [5.41, 5.74) is 6.22. The zero-order chi connectivity index (χ0) is 17.8. The fraction of sp³-hybridized carbons (Fsp3) is 0.111. The molecule has 3 aromatic rings. The smallest absolute Gasteiger partial charge is 0.282 e. The Bertz CT molecular complexity index is 1010. The average molecular weight is 336 g/mol. The van der Waals surface area contributed by atoms with E-state index in [4.69, 9.17) is 10.5 Å². The molecule has 0 atom stereocenters. The summed E-state index contributed by atoms with van der Waals surface area (Å²) in [5, 5.41) is 4.75. The van der Waals surface area contributed by atoms with E-state index >= 15 is 0 Å². The van der Waals surface area contributed by atoms with E-state index < -0.39 is 5.91 Å². The number of primary amides is 1. The number of nitrogens with two attached hydrogens (primary N) is 1. The van der Waals surface area contributed by atoms with E-state index in [9.17, 15) is 9.59 Å². The number of amides is 1. The summed E-state index contributed by atoms with van der Waals surface area (Å²) in [6.45, 7) is 1.55. The number of para-hydroxylation sites is 1. The molecule has 0 aliphatic carbocycles. The average Bonchev–Trinajstić information content (AvgIpc) is 2.60. The molecule has 2 aromatic carbocycles. The fourth-order valence-electron chi connectivity index (χ4n) is 2.30. The van der Waals surface area contributed by atoms with E-state index in [1.807, 2.05) is 6.07 Å². The third-order valence-electron chi connectivity index (χ3n) is 3.50. The Morgan fingerprint density at radius 2 is 1.96 bits per heavy atom. The molecule has 0 aliphatic rings. The van der Waals surface area contributed by atoms with E-state index in [1.54, 1.807) is 55.6 Å². The highest BCUT2D eigenvalue weighted by Gasteiger charge is 2.06. The van der Waals surface area contributed by atoms with Gasteiger partial charge in [0, 0.05) is 0 Å². The summed E-state index contributed by atoms with van der Waals surface area (Å²) in [4.78, 5) is 27.6. The molecule has 2 N–H and O–H groups in total. The lowest BCUT2D eigenvalue weighted by atomic mass is 10.2. The molecule has 7 nitrogen and oxygen atoms in total. The standard InChI is InChI=1S/C18H16N4O3/c1-12-21-16-5-3-2-4-15(16)18(24)22(12)20-10-13-6-8-14(9-7-13)25-11-17(19)23/h2-10H,11H2,1H3,(H2,19,23)/b20-10-. The molecule has 0 spiro atoms. The number of ether oxygens (including phenoxy) is 1. The van der Waals surface area contributed by atoms with Crippen LogP contribution in [0.4, 0.5) is 0 Å². The summed E-state index contributed by atoms with van der Waals surface area (Å²) < 4.78 is 6.45. The van der Waals surface area contributed by atoms with Crippen molar-refractivity contribution in [3.63, 3.8) is 0 Å². The number of fused-ring (bicyclic) bond motifs is 1. The zero-order valence-electron chi connectivity index (χ0n) is 13.5. The first-order valence-corrected chi connectivity index (χ1v) is 7.58. The van der Waals surface area contributed by atoms with Crippen molar-refractivity contribution in [1.82, 2.24) is 9.66 Å². The Balaban J connectivity index is 1.86. The number of hydrogen-bond donors (Lipinski definition) is 1. The number of aryl methyl sites for hydroxylation is 1. The molecule has 1 amide bonds. The SMILES string of the molecule is Cc1nc2ccccc2c(=O)n1/N=C\c1ccc(OCC(N)=O)cc1. The monoisotopic (exact) mass is 336 g/mol. The molecule has 0 saturated carbocycles. The third kappa shape index (κ3) is 3.72. The van der Waals surface area contributed by atoms with Crippen molar-refractivity contribution in [1.29, 1.82) is 0 Å². The van der Waals surface area contributed by atoms with Crippen molar-refractivity contribution in [2.75, 3.05) is 6.61 Å². The zero-order valence-corrected chi connectivity index (χ0v) is 13.5. The van der Waals surface area contributed by atoms with E-state index in [0.29, 0.717) is 22.5 Å². The second-order valence-electron chi connectivity index (χ2n) is 5.36. The van der Waals surface area contributed by atoms with Crippen molar-refractivity contribution in [3.8, 4) is 5.75 Å². The van der Waals surface area contributed by atoms with Crippen LogP contribution in [-0.4, -0.2) is 28.4 Å². The van der Waals surface area contributed by atoms with Gasteiger partial charge < -0.3 is 10.5 Å². The fourth-order valence-corrected chi connectivity index (χ4v) is 2.30. The third-order valence-corrected chi connectivity index (χ3v) is 3.50. The van der Waals surface area contributed by atoms with E-state index in [0.717, 1.165) is 5.56 Å². The van der Waals surface area contributed by atoms with Crippen LogP contribution in [0, 0.1) is 6.92 Å². The second-order valence-corrected chi connectivity index (χ2v) is 5.36. The number of carbonyl (C=O) groups excluding carboxylic acids is 1. The molecule has 0 bridgehead atoms. The van der Waals surface area contributed by atoms with E-state index in [1.165, 1.54) is 4.68 Å². The Morgan fingerprint density at radius 3 is 2.68 bits per heavy atom. The van der Waals surface area contributed by atoms with Gasteiger partial charge in [-0.25, -0.2) is 4.98 Å². The van der Waals surface area contributed by atoms with Crippen LogP contribution < -0.4 is 16.0 Å². The lowest BCUT2D eigenvalue weighted by molar-refractivity contribution is -0.119. The van der Waals surface area contributed by atoms with Gasteiger partial charge in [0.1, 0.15) is 11.6 Å². The quantitative estimate of drug-likeness (QED) is 0.713. The summed E-state index contributed by atoms with van der Waals surface area (Å²) in [7, 11) is 0. The summed E-state index contributed by atoms with van der Waals surface area (Å²) >= 11 is 0. The molecule has 0 fully saturated rings. The van der Waals surface area contributed by atoms with Crippen molar-refractivity contribution in [3.05, 3.63) is 70.3 Å². The Morgan fingerprint density at radius 1 is 1.24 bits per heavy atom. The van der Waals surface area contributed by atoms with Gasteiger partial charge in [-0.2, -0.15) is 9.78 Å². The number of carbonyl (C=O) groups is 1.